The van der Waals surface area contributed by atoms with Crippen LogP contribution in [0.3, 0.4) is 0 Å². The molecule has 2 heterocycles. The van der Waals surface area contributed by atoms with E-state index in [4.69, 9.17) is 4.42 Å². The highest BCUT2D eigenvalue weighted by atomic mass is 16.4. The molecular formula is C22H23NO3. The first kappa shape index (κ1) is 16.9. The molecule has 0 saturated carbocycles. The first-order valence-corrected chi connectivity index (χ1v) is 9.26. The molecule has 134 valence electrons. The van der Waals surface area contributed by atoms with E-state index in [1.54, 1.807) is 6.07 Å². The summed E-state index contributed by atoms with van der Waals surface area (Å²) in [5.41, 5.74) is 3.58. The van der Waals surface area contributed by atoms with Crippen LogP contribution in [0, 0.1) is 0 Å². The molecule has 4 rings (SSSR count). The Morgan fingerprint density at radius 1 is 1.12 bits per heavy atom. The van der Waals surface area contributed by atoms with Crippen LogP contribution < -0.4 is 5.63 Å². The number of likely N-dealkylation sites (tertiary alicyclic amines) is 1. The Morgan fingerprint density at radius 3 is 2.54 bits per heavy atom. The van der Waals surface area contributed by atoms with Crippen molar-refractivity contribution in [3.63, 3.8) is 0 Å². The van der Waals surface area contributed by atoms with Crippen LogP contribution in [0.1, 0.15) is 30.9 Å². The van der Waals surface area contributed by atoms with Crippen molar-refractivity contribution in [3.8, 4) is 16.9 Å². The minimum absolute atomic E-state index is 0.264. The molecule has 3 aromatic rings. The van der Waals surface area contributed by atoms with Crippen molar-refractivity contribution in [2.45, 2.75) is 32.7 Å². The smallest absolute Gasteiger partial charge is 0.336 e. The average Bonchev–Trinajstić information content (AvgIpc) is 3.17. The number of rotatable bonds is 4. The van der Waals surface area contributed by atoms with Crippen molar-refractivity contribution >= 4 is 11.0 Å². The Bertz CT molecular complexity index is 986. The molecule has 0 unspecified atom stereocenters. The van der Waals surface area contributed by atoms with Crippen molar-refractivity contribution in [2.75, 3.05) is 13.1 Å². The first-order chi connectivity index (χ1) is 12.7. The SMILES string of the molecule is CCc1cc2c(-c3ccccc3)cc(=O)oc2c(CN2CCCC2)c1O. The topological polar surface area (TPSA) is 53.7 Å². The molecule has 0 bridgehead atoms. The van der Waals surface area contributed by atoms with Crippen LogP contribution in [0.25, 0.3) is 22.1 Å². The van der Waals surface area contributed by atoms with Gasteiger partial charge in [-0.1, -0.05) is 37.3 Å². The quantitative estimate of drug-likeness (QED) is 0.713. The molecule has 4 heteroatoms. The standard InChI is InChI=1S/C22H23NO3/c1-2-15-12-18-17(16-8-4-3-5-9-16)13-20(24)26-22(18)19(21(15)25)14-23-10-6-7-11-23/h3-5,8-9,12-13,25H,2,6-7,10-11,14H2,1H3. The van der Waals surface area contributed by atoms with Gasteiger partial charge in [0, 0.05) is 18.0 Å². The lowest BCUT2D eigenvalue weighted by molar-refractivity contribution is 0.322. The zero-order valence-electron chi connectivity index (χ0n) is 15.0. The first-order valence-electron chi connectivity index (χ1n) is 9.26. The monoisotopic (exact) mass is 349 g/mol. The number of phenolic OH excluding ortho intramolecular Hbond substituents is 1. The van der Waals surface area contributed by atoms with Gasteiger partial charge in [-0.15, -0.1) is 0 Å². The number of fused-ring (bicyclic) bond motifs is 1. The van der Waals surface area contributed by atoms with Gasteiger partial charge < -0.3 is 9.52 Å². The van der Waals surface area contributed by atoms with E-state index in [9.17, 15) is 9.90 Å². The summed E-state index contributed by atoms with van der Waals surface area (Å²) < 4.78 is 5.60. The predicted molar refractivity (Wildman–Crippen MR) is 103 cm³/mol. The molecule has 1 fully saturated rings. The highest BCUT2D eigenvalue weighted by molar-refractivity contribution is 5.96. The number of hydrogen-bond acceptors (Lipinski definition) is 4. The van der Waals surface area contributed by atoms with Crippen LogP contribution in [-0.4, -0.2) is 23.1 Å². The second kappa shape index (κ2) is 6.96. The van der Waals surface area contributed by atoms with Crippen LogP contribution in [-0.2, 0) is 13.0 Å². The van der Waals surface area contributed by atoms with E-state index in [1.807, 2.05) is 43.3 Å². The lowest BCUT2D eigenvalue weighted by atomic mass is 9.96. The van der Waals surface area contributed by atoms with Crippen molar-refractivity contribution in [1.82, 2.24) is 4.90 Å². The maximum Gasteiger partial charge on any atom is 0.336 e. The third-order valence-corrected chi connectivity index (χ3v) is 5.23. The van der Waals surface area contributed by atoms with Crippen molar-refractivity contribution in [3.05, 3.63) is 64.0 Å². The number of nitrogens with zero attached hydrogens (tertiary/aromatic N) is 1. The van der Waals surface area contributed by atoms with Gasteiger partial charge in [0.2, 0.25) is 0 Å². The molecule has 0 atom stereocenters. The lowest BCUT2D eigenvalue weighted by Crippen LogP contribution is -2.19. The number of phenols is 1. The van der Waals surface area contributed by atoms with E-state index >= 15 is 0 Å². The third kappa shape index (κ3) is 3.01. The summed E-state index contributed by atoms with van der Waals surface area (Å²) in [6, 6.07) is 13.4. The third-order valence-electron chi connectivity index (χ3n) is 5.23. The van der Waals surface area contributed by atoms with E-state index in [1.165, 1.54) is 12.8 Å². The molecule has 1 aliphatic heterocycles. The molecular weight excluding hydrogens is 326 g/mol. The van der Waals surface area contributed by atoms with E-state index in [0.29, 0.717) is 12.1 Å². The van der Waals surface area contributed by atoms with E-state index in [-0.39, 0.29) is 11.4 Å². The Labute approximate surface area is 152 Å². The Kier molecular flexibility index (Phi) is 4.51. The molecule has 0 aliphatic carbocycles. The Morgan fingerprint density at radius 2 is 1.85 bits per heavy atom. The summed E-state index contributed by atoms with van der Waals surface area (Å²) in [5, 5.41) is 11.7. The van der Waals surface area contributed by atoms with Gasteiger partial charge in [0.1, 0.15) is 11.3 Å². The van der Waals surface area contributed by atoms with Crippen LogP contribution >= 0.6 is 0 Å². The molecule has 26 heavy (non-hydrogen) atoms. The molecule has 1 N–H and O–H groups in total. The number of aromatic hydroxyl groups is 1. The maximum absolute atomic E-state index is 12.3. The zero-order chi connectivity index (χ0) is 18.1. The molecule has 0 amide bonds. The van der Waals surface area contributed by atoms with Gasteiger partial charge in [0.15, 0.2) is 0 Å². The summed E-state index contributed by atoms with van der Waals surface area (Å²) in [5.74, 6) is 0.264. The summed E-state index contributed by atoms with van der Waals surface area (Å²) in [7, 11) is 0. The van der Waals surface area contributed by atoms with Crippen LogP contribution in [0.5, 0.6) is 5.75 Å². The minimum Gasteiger partial charge on any atom is -0.507 e. The fourth-order valence-corrected chi connectivity index (χ4v) is 3.85. The maximum atomic E-state index is 12.3. The summed E-state index contributed by atoms with van der Waals surface area (Å²) in [6.45, 7) is 4.67. The van der Waals surface area contributed by atoms with Crippen LogP contribution in [0.4, 0.5) is 0 Å². The Balaban J connectivity index is 1.99. The van der Waals surface area contributed by atoms with Crippen molar-refractivity contribution in [2.24, 2.45) is 0 Å². The van der Waals surface area contributed by atoms with Crippen LogP contribution in [0.15, 0.2) is 51.7 Å². The molecule has 1 saturated heterocycles. The molecule has 0 spiro atoms. The van der Waals surface area contributed by atoms with Gasteiger partial charge in [-0.2, -0.15) is 0 Å². The average molecular weight is 349 g/mol. The molecule has 0 radical (unpaired) electrons. The second-order valence-electron chi connectivity index (χ2n) is 6.92. The number of aryl methyl sites for hydroxylation is 1. The van der Waals surface area contributed by atoms with Gasteiger partial charge in [0.25, 0.3) is 0 Å². The van der Waals surface area contributed by atoms with E-state index < -0.39 is 0 Å². The summed E-state index contributed by atoms with van der Waals surface area (Å²) in [6.07, 6.45) is 3.07. The number of benzene rings is 2. The highest BCUT2D eigenvalue weighted by Gasteiger charge is 2.21. The number of hydrogen-bond donors (Lipinski definition) is 1. The molecule has 1 aromatic heterocycles. The van der Waals surface area contributed by atoms with Crippen LogP contribution in [0.2, 0.25) is 0 Å². The fourth-order valence-electron chi connectivity index (χ4n) is 3.85. The van der Waals surface area contributed by atoms with Gasteiger partial charge in [-0.3, -0.25) is 4.90 Å². The molecule has 4 nitrogen and oxygen atoms in total. The fraction of sp³-hybridized carbons (Fsp3) is 0.318. The largest absolute Gasteiger partial charge is 0.507 e. The van der Waals surface area contributed by atoms with Crippen molar-refractivity contribution < 1.29 is 9.52 Å². The van der Waals surface area contributed by atoms with Gasteiger partial charge in [-0.05, 0) is 55.1 Å². The summed E-state index contributed by atoms with van der Waals surface area (Å²) in [4.78, 5) is 14.6. The molecule has 1 aliphatic rings. The van der Waals surface area contributed by atoms with E-state index in [0.717, 1.165) is 47.2 Å². The second-order valence-corrected chi connectivity index (χ2v) is 6.92. The minimum atomic E-state index is -0.386. The highest BCUT2D eigenvalue weighted by Crippen LogP contribution is 2.37. The molecule has 2 aromatic carbocycles. The van der Waals surface area contributed by atoms with Gasteiger partial charge in [-0.25, -0.2) is 4.79 Å². The van der Waals surface area contributed by atoms with Gasteiger partial charge >= 0.3 is 5.63 Å². The van der Waals surface area contributed by atoms with E-state index in [2.05, 4.69) is 4.90 Å². The van der Waals surface area contributed by atoms with Gasteiger partial charge in [0.05, 0.1) is 5.56 Å². The summed E-state index contributed by atoms with van der Waals surface area (Å²) >= 11 is 0. The Hall–Kier alpha value is -2.59. The normalized spacial score (nSPS) is 15.0. The van der Waals surface area contributed by atoms with Crippen molar-refractivity contribution in [1.29, 1.82) is 0 Å². The predicted octanol–water partition coefficient (Wildman–Crippen LogP) is 4.32. The lowest BCUT2D eigenvalue weighted by Gasteiger charge is -2.19. The zero-order valence-corrected chi connectivity index (χ0v) is 15.0.